The fraction of sp³-hybridized carbons (Fsp3) is 0. The van der Waals surface area contributed by atoms with Gasteiger partial charge in [-0.15, -0.1) is 0 Å². The molecule has 0 N–H and O–H groups in total. The number of aromatic nitrogens is 4. The highest BCUT2D eigenvalue weighted by molar-refractivity contribution is 5.60. The van der Waals surface area contributed by atoms with Crippen LogP contribution in [-0.4, -0.2) is 49.1 Å². The Balaban J connectivity index is 3.08. The van der Waals surface area contributed by atoms with Gasteiger partial charge in [-0.2, -0.15) is 0 Å². The van der Waals surface area contributed by atoms with Crippen LogP contribution in [0.1, 0.15) is 0 Å². The van der Waals surface area contributed by atoms with Gasteiger partial charge < -0.3 is 40.5 Å². The predicted octanol–water partition coefficient (Wildman–Crippen LogP) is -0.541. The molecular formula is C6N10O12. The molecule has 0 bridgehead atoms. The monoisotopic (exact) mass is 404 g/mol. The summed E-state index contributed by atoms with van der Waals surface area (Å²) < 4.78 is -1.46. The lowest BCUT2D eigenvalue weighted by Crippen LogP contribution is -2.18. The minimum atomic E-state index is -1.88. The lowest BCUT2D eigenvalue weighted by Gasteiger charge is -1.91. The molecule has 0 aliphatic heterocycles. The van der Waals surface area contributed by atoms with Crippen molar-refractivity contribution in [3.8, 4) is 11.6 Å². The number of hydrogen-bond acceptors (Lipinski definition) is 14. The van der Waals surface area contributed by atoms with Gasteiger partial charge in [-0.25, -0.2) is 20.2 Å². The third-order valence-electron chi connectivity index (χ3n) is 2.84. The highest BCUT2D eigenvalue weighted by Crippen LogP contribution is 2.36. The smallest absolute Gasteiger partial charge is 0.358 e. The van der Waals surface area contributed by atoms with Crippen LogP contribution < -0.4 is 0 Å². The second-order valence-electron chi connectivity index (χ2n) is 4.29. The van der Waals surface area contributed by atoms with Crippen LogP contribution in [0.4, 0.5) is 23.3 Å². The molecule has 0 atom stereocenters. The molecule has 28 heavy (non-hydrogen) atoms. The first kappa shape index (κ1) is 19.1. The van der Waals surface area contributed by atoms with E-state index in [2.05, 4.69) is 9.97 Å². The van der Waals surface area contributed by atoms with Crippen LogP contribution in [0.15, 0.2) is 0 Å². The summed E-state index contributed by atoms with van der Waals surface area (Å²) in [5.41, 5.74) is 0. The Labute approximate surface area is 146 Å². The van der Waals surface area contributed by atoms with Crippen molar-refractivity contribution in [1.82, 2.24) is 19.3 Å². The highest BCUT2D eigenvalue weighted by atomic mass is 16.7. The third kappa shape index (κ3) is 2.72. The summed E-state index contributed by atoms with van der Waals surface area (Å²) in [4.78, 5) is 65.3. The summed E-state index contributed by atoms with van der Waals surface area (Å²) in [5, 5.41) is 62.6. The van der Waals surface area contributed by atoms with Crippen LogP contribution in [0.2, 0.25) is 0 Å². The lowest BCUT2D eigenvalue weighted by molar-refractivity contribution is -0.564. The van der Waals surface area contributed by atoms with Crippen molar-refractivity contribution in [2.75, 3.05) is 0 Å². The van der Waals surface area contributed by atoms with E-state index in [-0.39, 0.29) is 0 Å². The average molecular weight is 404 g/mol. The van der Waals surface area contributed by atoms with Crippen LogP contribution in [0.3, 0.4) is 0 Å². The first-order valence-corrected chi connectivity index (χ1v) is 6.02. The summed E-state index contributed by atoms with van der Waals surface area (Å²) in [7, 11) is 0. The number of rotatable bonds is 7. The summed E-state index contributed by atoms with van der Waals surface area (Å²) >= 11 is 0. The maximum absolute atomic E-state index is 11.1. The van der Waals surface area contributed by atoms with E-state index in [0.717, 1.165) is 0 Å². The predicted molar refractivity (Wildman–Crippen MR) is 74.9 cm³/mol. The Morgan fingerprint density at radius 1 is 0.536 bits per heavy atom. The fourth-order valence-corrected chi connectivity index (χ4v) is 1.95. The molecule has 0 aromatic carbocycles. The molecular weight excluding hydrogens is 404 g/mol. The number of nitrogens with zero attached hydrogens (tertiary/aromatic N) is 10. The molecule has 0 aliphatic carbocycles. The van der Waals surface area contributed by atoms with Crippen LogP contribution in [0.5, 0.6) is 0 Å². The normalized spacial score (nSPS) is 10.4. The molecule has 0 radical (unpaired) electrons. The molecule has 146 valence electrons. The van der Waals surface area contributed by atoms with Crippen molar-refractivity contribution in [2.24, 2.45) is 0 Å². The zero-order valence-corrected chi connectivity index (χ0v) is 12.4. The molecule has 0 aliphatic rings. The Bertz CT molecular complexity index is 1010. The minimum Gasteiger partial charge on any atom is -0.358 e. The number of nitro groups is 6. The molecule has 0 spiro atoms. The largest absolute Gasteiger partial charge is 0.500 e. The van der Waals surface area contributed by atoms with E-state index in [1.807, 2.05) is 0 Å². The van der Waals surface area contributed by atoms with E-state index < -0.39 is 74.0 Å². The van der Waals surface area contributed by atoms with E-state index in [9.17, 15) is 60.7 Å². The molecule has 22 nitrogen and oxygen atoms in total. The first-order chi connectivity index (χ1) is 12.9. The second kappa shape index (κ2) is 6.28. The van der Waals surface area contributed by atoms with Crippen LogP contribution in [-0.2, 0) is 0 Å². The molecule has 2 aromatic rings. The molecule has 2 heterocycles. The first-order valence-electron chi connectivity index (χ1n) is 6.02. The molecule has 0 unspecified atom stereocenters. The van der Waals surface area contributed by atoms with Gasteiger partial charge in [0.15, 0.2) is 0 Å². The van der Waals surface area contributed by atoms with Crippen LogP contribution in [0, 0.1) is 60.7 Å². The van der Waals surface area contributed by atoms with Gasteiger partial charge in [-0.05, 0) is 19.7 Å². The van der Waals surface area contributed by atoms with Gasteiger partial charge in [-0.1, -0.05) is 0 Å². The molecule has 2 aromatic heterocycles. The lowest BCUT2D eigenvalue weighted by atomic mass is 10.6. The number of imidazole rings is 2. The van der Waals surface area contributed by atoms with Crippen molar-refractivity contribution in [3.05, 3.63) is 60.7 Å². The van der Waals surface area contributed by atoms with E-state index >= 15 is 0 Å². The van der Waals surface area contributed by atoms with Crippen molar-refractivity contribution < 1.29 is 29.8 Å². The SMILES string of the molecule is O=[N+]([O-])c1nc(-c2nc([N+](=O)[O-])c([N+](=O)[O-])n2[N+](=O)[O-])n([N+](=O)[O-])c1[N+](=O)[O-]. The standard InChI is InChI=1S/C6N10O12/c17-11(18)3-5(13(21)22)9(15(25)26)1(7-3)2-8-4(12(19)20)6(14(23)24)10(2)16(27)28. The summed E-state index contributed by atoms with van der Waals surface area (Å²) in [6.07, 6.45) is 0. The Kier molecular flexibility index (Phi) is 4.29. The van der Waals surface area contributed by atoms with Crippen LogP contribution in [0.25, 0.3) is 11.6 Å². The van der Waals surface area contributed by atoms with E-state index in [1.165, 1.54) is 0 Å². The zero-order valence-electron chi connectivity index (χ0n) is 12.4. The average Bonchev–Trinajstić information content (AvgIpc) is 3.13. The van der Waals surface area contributed by atoms with Gasteiger partial charge in [0.05, 0.1) is 0 Å². The van der Waals surface area contributed by atoms with Crippen molar-refractivity contribution in [1.29, 1.82) is 0 Å². The Hall–Kier alpha value is -5.18. The van der Waals surface area contributed by atoms with Crippen molar-refractivity contribution in [3.63, 3.8) is 0 Å². The summed E-state index contributed by atoms with van der Waals surface area (Å²) in [5.74, 6) is -10.5. The Morgan fingerprint density at radius 2 is 0.821 bits per heavy atom. The maximum Gasteiger partial charge on any atom is 0.500 e. The third-order valence-corrected chi connectivity index (χ3v) is 2.84. The summed E-state index contributed by atoms with van der Waals surface area (Å²) in [6.45, 7) is 0. The zero-order chi connectivity index (χ0) is 21.5. The molecule has 0 amide bonds. The number of hydrogen-bond donors (Lipinski definition) is 0. The van der Waals surface area contributed by atoms with Crippen molar-refractivity contribution in [2.45, 2.75) is 0 Å². The molecule has 22 heteroatoms. The topological polar surface area (TPSA) is 294 Å². The molecule has 0 saturated carbocycles. The molecule has 0 saturated heterocycles. The van der Waals surface area contributed by atoms with E-state index in [4.69, 9.17) is 0 Å². The van der Waals surface area contributed by atoms with E-state index in [0.29, 0.717) is 0 Å². The van der Waals surface area contributed by atoms with Gasteiger partial charge in [-0.3, -0.25) is 0 Å². The molecule has 0 fully saturated rings. The quantitative estimate of drug-likeness (QED) is 0.413. The maximum atomic E-state index is 11.1. The highest BCUT2D eigenvalue weighted by Gasteiger charge is 2.57. The van der Waals surface area contributed by atoms with Gasteiger partial charge in [0.1, 0.15) is 9.35 Å². The van der Waals surface area contributed by atoms with Gasteiger partial charge in [0, 0.05) is 9.97 Å². The Morgan fingerprint density at radius 3 is 1.00 bits per heavy atom. The van der Waals surface area contributed by atoms with E-state index in [1.54, 1.807) is 0 Å². The minimum absolute atomic E-state index is 0.728. The summed E-state index contributed by atoms with van der Waals surface area (Å²) in [6, 6.07) is 0. The van der Waals surface area contributed by atoms with Crippen molar-refractivity contribution >= 4 is 23.3 Å². The van der Waals surface area contributed by atoms with Crippen LogP contribution >= 0.6 is 0 Å². The van der Waals surface area contributed by atoms with Gasteiger partial charge >= 0.3 is 34.9 Å². The fourth-order valence-electron chi connectivity index (χ4n) is 1.95. The second-order valence-corrected chi connectivity index (χ2v) is 4.29. The molecule has 2 rings (SSSR count). The van der Waals surface area contributed by atoms with Gasteiger partial charge in [0.25, 0.3) is 10.1 Å². The van der Waals surface area contributed by atoms with Gasteiger partial charge in [0.2, 0.25) is 0 Å².